The molecule has 1 N–H and O–H groups in total. The van der Waals surface area contributed by atoms with Gasteiger partial charge in [0.05, 0.1) is 0 Å². The molecule has 2 atom stereocenters. The number of rotatable bonds is 2. The molecule has 2 heteroatoms. The molecule has 0 aromatic rings. The summed E-state index contributed by atoms with van der Waals surface area (Å²) in [5, 5.41) is 3.58. The summed E-state index contributed by atoms with van der Waals surface area (Å²) in [6, 6.07) is 1.59. The molecule has 1 spiro atoms. The molecule has 2 unspecified atom stereocenters. The molecule has 3 rings (SSSR count). The lowest BCUT2D eigenvalue weighted by molar-refractivity contribution is 0.0254. The summed E-state index contributed by atoms with van der Waals surface area (Å²) in [6.45, 7) is 2.76. The van der Waals surface area contributed by atoms with Crippen LogP contribution in [0, 0.1) is 5.41 Å². The molecule has 2 nitrogen and oxygen atoms in total. The highest BCUT2D eigenvalue weighted by atomic mass is 15.2. The molecule has 2 aliphatic carbocycles. The Hall–Kier alpha value is -0.0800. The summed E-state index contributed by atoms with van der Waals surface area (Å²) < 4.78 is 0. The summed E-state index contributed by atoms with van der Waals surface area (Å²) in [4.78, 5) is 2.83. The zero-order valence-electron chi connectivity index (χ0n) is 12.8. The number of likely N-dealkylation sites (tertiary alicyclic amines) is 1. The minimum absolute atomic E-state index is 0.758. The number of piperidine rings is 1. The molecule has 0 bridgehead atoms. The van der Waals surface area contributed by atoms with E-state index in [1.807, 2.05) is 0 Å². The van der Waals surface area contributed by atoms with Gasteiger partial charge in [-0.05, 0) is 64.1 Å². The SMILES string of the molecule is CNC1CCCCC1N1CCC2(CCCCC2)CC1. The molecule has 0 aromatic carbocycles. The van der Waals surface area contributed by atoms with Crippen molar-refractivity contribution in [1.82, 2.24) is 10.2 Å². The van der Waals surface area contributed by atoms with Crippen molar-refractivity contribution >= 4 is 0 Å². The van der Waals surface area contributed by atoms with Crippen molar-refractivity contribution < 1.29 is 0 Å². The maximum Gasteiger partial charge on any atom is 0.0249 e. The largest absolute Gasteiger partial charge is 0.315 e. The Kier molecular flexibility index (Phi) is 4.48. The summed E-state index contributed by atoms with van der Waals surface area (Å²) in [5.41, 5.74) is 0.762. The van der Waals surface area contributed by atoms with E-state index in [-0.39, 0.29) is 0 Å². The van der Waals surface area contributed by atoms with Crippen molar-refractivity contribution in [2.75, 3.05) is 20.1 Å². The van der Waals surface area contributed by atoms with Crippen molar-refractivity contribution in [2.45, 2.75) is 82.7 Å². The van der Waals surface area contributed by atoms with Gasteiger partial charge in [-0.25, -0.2) is 0 Å². The minimum Gasteiger partial charge on any atom is -0.315 e. The summed E-state index contributed by atoms with van der Waals surface area (Å²) in [7, 11) is 2.16. The van der Waals surface area contributed by atoms with E-state index in [0.717, 1.165) is 17.5 Å². The highest BCUT2D eigenvalue weighted by Gasteiger charge is 2.38. The van der Waals surface area contributed by atoms with E-state index in [1.54, 1.807) is 0 Å². The fraction of sp³-hybridized carbons (Fsp3) is 1.00. The highest BCUT2D eigenvalue weighted by molar-refractivity contribution is 4.94. The van der Waals surface area contributed by atoms with E-state index < -0.39 is 0 Å². The molecule has 1 heterocycles. The van der Waals surface area contributed by atoms with E-state index in [0.29, 0.717) is 0 Å². The normalized spacial score (nSPS) is 36.5. The van der Waals surface area contributed by atoms with Crippen molar-refractivity contribution in [3.05, 3.63) is 0 Å². The third-order valence-corrected chi connectivity index (χ3v) is 6.34. The first-order valence-corrected chi connectivity index (χ1v) is 8.74. The number of nitrogens with zero attached hydrogens (tertiary/aromatic N) is 1. The minimum atomic E-state index is 0.758. The van der Waals surface area contributed by atoms with Crippen molar-refractivity contribution in [3.63, 3.8) is 0 Å². The molecule has 3 aliphatic rings. The van der Waals surface area contributed by atoms with Gasteiger partial charge in [-0.2, -0.15) is 0 Å². The molecular weight excluding hydrogens is 232 g/mol. The quantitative estimate of drug-likeness (QED) is 0.820. The van der Waals surface area contributed by atoms with Crippen LogP contribution >= 0.6 is 0 Å². The standard InChI is InChI=1S/C17H32N2/c1-18-15-7-3-4-8-16(15)19-13-11-17(12-14-19)9-5-2-6-10-17/h15-16,18H,2-14H2,1H3. The zero-order valence-corrected chi connectivity index (χ0v) is 12.8. The molecule has 19 heavy (non-hydrogen) atoms. The van der Waals surface area contributed by atoms with Gasteiger partial charge in [0.15, 0.2) is 0 Å². The summed E-state index contributed by atoms with van der Waals surface area (Å²) in [5.74, 6) is 0. The van der Waals surface area contributed by atoms with E-state index in [1.165, 1.54) is 83.7 Å². The van der Waals surface area contributed by atoms with Crippen molar-refractivity contribution in [3.8, 4) is 0 Å². The number of hydrogen-bond donors (Lipinski definition) is 1. The molecule has 0 amide bonds. The lowest BCUT2D eigenvalue weighted by Crippen LogP contribution is -2.54. The molecule has 110 valence electrons. The highest BCUT2D eigenvalue weighted by Crippen LogP contribution is 2.45. The second kappa shape index (κ2) is 6.13. The Morgan fingerprint density at radius 1 is 0.842 bits per heavy atom. The first-order valence-electron chi connectivity index (χ1n) is 8.74. The molecular formula is C17H32N2. The number of likely N-dealkylation sites (N-methyl/N-ethyl adjacent to an activating group) is 1. The van der Waals surface area contributed by atoms with Crippen LogP contribution in [0.15, 0.2) is 0 Å². The predicted molar refractivity (Wildman–Crippen MR) is 81.4 cm³/mol. The van der Waals surface area contributed by atoms with Gasteiger partial charge in [0.25, 0.3) is 0 Å². The van der Waals surface area contributed by atoms with Gasteiger partial charge in [0.2, 0.25) is 0 Å². The number of hydrogen-bond acceptors (Lipinski definition) is 2. The maximum atomic E-state index is 3.58. The molecule has 1 saturated heterocycles. The van der Waals surface area contributed by atoms with Crippen LogP contribution < -0.4 is 5.32 Å². The fourth-order valence-electron chi connectivity index (χ4n) is 5.02. The lowest BCUT2D eigenvalue weighted by Gasteiger charge is -2.48. The van der Waals surface area contributed by atoms with Gasteiger partial charge in [-0.15, -0.1) is 0 Å². The third-order valence-electron chi connectivity index (χ3n) is 6.34. The van der Waals surface area contributed by atoms with E-state index in [4.69, 9.17) is 0 Å². The average molecular weight is 264 g/mol. The van der Waals surface area contributed by atoms with Crippen LogP contribution in [0.5, 0.6) is 0 Å². The Morgan fingerprint density at radius 2 is 1.53 bits per heavy atom. The Balaban J connectivity index is 1.56. The van der Waals surface area contributed by atoms with Gasteiger partial charge in [0.1, 0.15) is 0 Å². The Morgan fingerprint density at radius 3 is 2.21 bits per heavy atom. The zero-order chi connectivity index (χ0) is 13.1. The molecule has 0 radical (unpaired) electrons. The molecule has 1 aliphatic heterocycles. The van der Waals surface area contributed by atoms with Crippen LogP contribution in [0.4, 0.5) is 0 Å². The van der Waals surface area contributed by atoms with Crippen LogP contribution in [0.2, 0.25) is 0 Å². The smallest absolute Gasteiger partial charge is 0.0249 e. The van der Waals surface area contributed by atoms with Crippen LogP contribution in [0.1, 0.15) is 70.6 Å². The van der Waals surface area contributed by atoms with Crippen LogP contribution in [0.25, 0.3) is 0 Å². The van der Waals surface area contributed by atoms with Crippen LogP contribution in [-0.4, -0.2) is 37.1 Å². The fourth-order valence-corrected chi connectivity index (χ4v) is 5.02. The first kappa shape index (κ1) is 13.9. The van der Waals surface area contributed by atoms with Crippen LogP contribution in [0.3, 0.4) is 0 Å². The van der Waals surface area contributed by atoms with Crippen molar-refractivity contribution in [1.29, 1.82) is 0 Å². The van der Waals surface area contributed by atoms with E-state index >= 15 is 0 Å². The van der Waals surface area contributed by atoms with E-state index in [2.05, 4.69) is 17.3 Å². The molecule has 3 fully saturated rings. The average Bonchev–Trinajstić information content (AvgIpc) is 2.49. The topological polar surface area (TPSA) is 15.3 Å². The monoisotopic (exact) mass is 264 g/mol. The Labute approximate surface area is 119 Å². The molecule has 2 saturated carbocycles. The lowest BCUT2D eigenvalue weighted by atomic mass is 9.68. The third kappa shape index (κ3) is 3.00. The first-order chi connectivity index (χ1) is 9.33. The van der Waals surface area contributed by atoms with Gasteiger partial charge < -0.3 is 5.32 Å². The second-order valence-electron chi connectivity index (χ2n) is 7.34. The number of nitrogens with one attached hydrogen (secondary N) is 1. The predicted octanol–water partition coefficient (Wildman–Crippen LogP) is 3.56. The summed E-state index contributed by atoms with van der Waals surface area (Å²) >= 11 is 0. The van der Waals surface area contributed by atoms with Gasteiger partial charge in [-0.3, -0.25) is 4.90 Å². The van der Waals surface area contributed by atoms with E-state index in [9.17, 15) is 0 Å². The second-order valence-corrected chi connectivity index (χ2v) is 7.34. The van der Waals surface area contributed by atoms with Gasteiger partial charge >= 0.3 is 0 Å². The Bertz CT molecular complexity index is 273. The molecule has 0 aromatic heterocycles. The van der Waals surface area contributed by atoms with Crippen LogP contribution in [-0.2, 0) is 0 Å². The summed E-state index contributed by atoms with van der Waals surface area (Å²) in [6.07, 6.45) is 16.2. The van der Waals surface area contributed by atoms with Crippen molar-refractivity contribution in [2.24, 2.45) is 5.41 Å². The maximum absolute atomic E-state index is 3.58. The van der Waals surface area contributed by atoms with Gasteiger partial charge in [0, 0.05) is 12.1 Å². The van der Waals surface area contributed by atoms with Gasteiger partial charge in [-0.1, -0.05) is 32.1 Å².